The molecule has 0 heterocycles. The minimum absolute atomic E-state index is 0.0143. The Kier molecular flexibility index (Phi) is 5.08. The van der Waals surface area contributed by atoms with Crippen molar-refractivity contribution in [3.05, 3.63) is 23.5 Å². The van der Waals surface area contributed by atoms with Crippen molar-refractivity contribution < 1.29 is 19.0 Å². The van der Waals surface area contributed by atoms with Crippen LogP contribution in [0.4, 0.5) is 15.8 Å². The fourth-order valence-electron chi connectivity index (χ4n) is 1.74. The van der Waals surface area contributed by atoms with Crippen LogP contribution in [-0.4, -0.2) is 44.4 Å². The third kappa shape index (κ3) is 3.80. The molecule has 1 aromatic carbocycles. The highest BCUT2D eigenvalue weighted by atomic mass is 19.1. The number of halogens is 1. The summed E-state index contributed by atoms with van der Waals surface area (Å²) in [6.45, 7) is 0.274. The highest BCUT2D eigenvalue weighted by Crippen LogP contribution is 2.24. The summed E-state index contributed by atoms with van der Waals surface area (Å²) >= 11 is 0. The van der Waals surface area contributed by atoms with Crippen molar-refractivity contribution in [3.63, 3.8) is 0 Å². The Labute approximate surface area is 110 Å². The van der Waals surface area contributed by atoms with E-state index in [1.54, 1.807) is 7.05 Å². The molecule has 0 saturated heterocycles. The van der Waals surface area contributed by atoms with Gasteiger partial charge in [-0.3, -0.25) is 4.79 Å². The lowest BCUT2D eigenvalue weighted by molar-refractivity contribution is 0.0694. The number of rotatable bonds is 6. The minimum Gasteiger partial charge on any atom is -0.398 e. The molecule has 0 spiro atoms. The van der Waals surface area contributed by atoms with Crippen LogP contribution in [0.15, 0.2) is 12.1 Å². The Hall–Kier alpha value is -1.86. The average molecular weight is 271 g/mol. The number of carbonyl (C=O) groups excluding carboxylic acids is 1. The summed E-state index contributed by atoms with van der Waals surface area (Å²) in [5, 5.41) is 9.60. The molecule has 6 nitrogen and oxygen atoms in total. The molecule has 0 aliphatic rings. The van der Waals surface area contributed by atoms with Gasteiger partial charge in [-0.25, -0.2) is 4.39 Å². The Morgan fingerprint density at radius 1 is 1.58 bits per heavy atom. The third-order valence-corrected chi connectivity index (χ3v) is 2.64. The molecule has 1 amide bonds. The number of likely N-dealkylation sites (N-methyl/N-ethyl adjacent to an activating group) is 1. The van der Waals surface area contributed by atoms with E-state index in [0.717, 1.165) is 6.07 Å². The summed E-state index contributed by atoms with van der Waals surface area (Å²) in [4.78, 5) is 12.6. The van der Waals surface area contributed by atoms with Crippen molar-refractivity contribution in [2.75, 3.05) is 37.9 Å². The zero-order valence-corrected chi connectivity index (χ0v) is 10.9. The molecule has 19 heavy (non-hydrogen) atoms. The number of benzene rings is 1. The van der Waals surface area contributed by atoms with E-state index in [9.17, 15) is 14.3 Å². The predicted molar refractivity (Wildman–Crippen MR) is 70.5 cm³/mol. The molecule has 0 aliphatic carbocycles. The van der Waals surface area contributed by atoms with Crippen molar-refractivity contribution in [2.24, 2.45) is 5.73 Å². The van der Waals surface area contributed by atoms with Gasteiger partial charge in [-0.2, -0.15) is 0 Å². The van der Waals surface area contributed by atoms with Crippen molar-refractivity contribution in [1.82, 2.24) is 0 Å². The van der Waals surface area contributed by atoms with E-state index in [4.69, 9.17) is 16.2 Å². The van der Waals surface area contributed by atoms with Crippen molar-refractivity contribution in [2.45, 2.75) is 6.10 Å². The van der Waals surface area contributed by atoms with Gasteiger partial charge in [0.25, 0.3) is 5.91 Å². The van der Waals surface area contributed by atoms with Gasteiger partial charge in [-0.05, 0) is 12.1 Å². The smallest absolute Gasteiger partial charge is 0.250 e. The third-order valence-electron chi connectivity index (χ3n) is 2.64. The fourth-order valence-corrected chi connectivity index (χ4v) is 1.74. The van der Waals surface area contributed by atoms with E-state index in [2.05, 4.69) is 0 Å². The highest BCUT2D eigenvalue weighted by Gasteiger charge is 2.16. The van der Waals surface area contributed by atoms with E-state index in [0.29, 0.717) is 0 Å². The van der Waals surface area contributed by atoms with Gasteiger partial charge >= 0.3 is 0 Å². The number of nitrogens with two attached hydrogens (primary N) is 2. The number of aliphatic hydroxyl groups is 1. The van der Waals surface area contributed by atoms with E-state index in [1.165, 1.54) is 18.1 Å². The number of nitrogen functional groups attached to an aromatic ring is 1. The first-order chi connectivity index (χ1) is 8.86. The standard InChI is InChI=1S/C12H18FN3O3/c1-16(5-7(17)6-19-2)11-3-8(12(15)18)10(14)4-9(11)13/h3-4,7,17H,5-6,14H2,1-2H3,(H2,15,18). The lowest BCUT2D eigenvalue weighted by Crippen LogP contribution is -2.32. The average Bonchev–Trinajstić information content (AvgIpc) is 2.28. The number of carbonyl (C=O) groups is 1. The summed E-state index contributed by atoms with van der Waals surface area (Å²) < 4.78 is 18.6. The lowest BCUT2D eigenvalue weighted by Gasteiger charge is -2.23. The molecule has 1 atom stereocenters. The van der Waals surface area contributed by atoms with E-state index < -0.39 is 17.8 Å². The largest absolute Gasteiger partial charge is 0.398 e. The second kappa shape index (κ2) is 6.35. The maximum Gasteiger partial charge on any atom is 0.250 e. The number of amides is 1. The van der Waals surface area contributed by atoms with Gasteiger partial charge in [-0.15, -0.1) is 0 Å². The van der Waals surface area contributed by atoms with Crippen molar-refractivity contribution >= 4 is 17.3 Å². The molecule has 7 heteroatoms. The van der Waals surface area contributed by atoms with Gasteiger partial charge < -0.3 is 26.2 Å². The molecule has 0 fully saturated rings. The fraction of sp³-hybridized carbons (Fsp3) is 0.417. The number of aliphatic hydroxyl groups excluding tert-OH is 1. The molecular formula is C12H18FN3O3. The monoisotopic (exact) mass is 271 g/mol. The Bertz CT molecular complexity index is 468. The van der Waals surface area contributed by atoms with Crippen LogP contribution in [0.25, 0.3) is 0 Å². The first-order valence-electron chi connectivity index (χ1n) is 5.63. The van der Waals surface area contributed by atoms with Gasteiger partial charge in [0, 0.05) is 26.4 Å². The SMILES string of the molecule is COCC(O)CN(C)c1cc(C(N)=O)c(N)cc1F. The summed E-state index contributed by atoms with van der Waals surface area (Å²) in [6, 6.07) is 2.31. The number of anilines is 2. The number of hydrogen-bond acceptors (Lipinski definition) is 5. The van der Waals surface area contributed by atoms with E-state index >= 15 is 0 Å². The highest BCUT2D eigenvalue weighted by molar-refractivity contribution is 5.99. The van der Waals surface area contributed by atoms with Crippen molar-refractivity contribution in [3.8, 4) is 0 Å². The molecule has 0 saturated carbocycles. The number of primary amides is 1. The minimum atomic E-state index is -0.774. The summed E-state index contributed by atoms with van der Waals surface area (Å²) in [6.07, 6.45) is -0.774. The molecule has 1 unspecified atom stereocenters. The molecule has 0 bridgehead atoms. The zero-order chi connectivity index (χ0) is 14.6. The van der Waals surface area contributed by atoms with Crippen LogP contribution < -0.4 is 16.4 Å². The second-order valence-corrected chi connectivity index (χ2v) is 4.24. The molecule has 0 aromatic heterocycles. The molecule has 1 aromatic rings. The Morgan fingerprint density at radius 3 is 2.74 bits per heavy atom. The molecule has 1 rings (SSSR count). The van der Waals surface area contributed by atoms with Gasteiger partial charge in [-0.1, -0.05) is 0 Å². The molecule has 106 valence electrons. The first kappa shape index (κ1) is 15.2. The lowest BCUT2D eigenvalue weighted by atomic mass is 10.1. The Morgan fingerprint density at radius 2 is 2.21 bits per heavy atom. The van der Waals surface area contributed by atoms with Crippen LogP contribution in [0.3, 0.4) is 0 Å². The normalized spacial score (nSPS) is 12.2. The molecular weight excluding hydrogens is 253 g/mol. The van der Waals surface area contributed by atoms with Crippen LogP contribution in [-0.2, 0) is 4.74 Å². The quantitative estimate of drug-likeness (QED) is 0.630. The molecule has 5 N–H and O–H groups in total. The summed E-state index contributed by atoms with van der Waals surface area (Å²) in [5.41, 5.74) is 10.8. The second-order valence-electron chi connectivity index (χ2n) is 4.24. The van der Waals surface area contributed by atoms with E-state index in [1.807, 2.05) is 0 Å². The maximum absolute atomic E-state index is 13.8. The zero-order valence-electron chi connectivity index (χ0n) is 10.9. The topological polar surface area (TPSA) is 102 Å². The number of hydrogen-bond donors (Lipinski definition) is 3. The van der Waals surface area contributed by atoms with Crippen LogP contribution >= 0.6 is 0 Å². The summed E-state index contributed by atoms with van der Waals surface area (Å²) in [5.74, 6) is -1.32. The van der Waals surface area contributed by atoms with Gasteiger partial charge in [0.1, 0.15) is 5.82 Å². The Balaban J connectivity index is 2.99. The predicted octanol–water partition coefficient (Wildman–Crippen LogP) is -0.0497. The van der Waals surface area contributed by atoms with Crippen LogP contribution in [0.1, 0.15) is 10.4 Å². The van der Waals surface area contributed by atoms with Gasteiger partial charge in [0.05, 0.1) is 24.0 Å². The number of nitrogens with zero attached hydrogens (tertiary/aromatic N) is 1. The van der Waals surface area contributed by atoms with Crippen LogP contribution in [0, 0.1) is 5.82 Å². The number of ether oxygens (including phenoxy) is 1. The van der Waals surface area contributed by atoms with E-state index in [-0.39, 0.29) is 30.1 Å². The van der Waals surface area contributed by atoms with Crippen LogP contribution in [0.5, 0.6) is 0 Å². The summed E-state index contributed by atoms with van der Waals surface area (Å²) in [7, 11) is 3.04. The molecule has 0 aliphatic heterocycles. The van der Waals surface area contributed by atoms with Gasteiger partial charge in [0.15, 0.2) is 0 Å². The first-order valence-corrected chi connectivity index (χ1v) is 5.63. The van der Waals surface area contributed by atoms with Crippen LogP contribution in [0.2, 0.25) is 0 Å². The van der Waals surface area contributed by atoms with Gasteiger partial charge in [0.2, 0.25) is 0 Å². The van der Waals surface area contributed by atoms with Crippen molar-refractivity contribution in [1.29, 1.82) is 0 Å². The molecule has 0 radical (unpaired) electrons. The number of methoxy groups -OCH3 is 1. The maximum atomic E-state index is 13.8.